The number of anilines is 1. The smallest absolute Gasteiger partial charge is 0.253 e. The quantitative estimate of drug-likeness (QED) is 0.598. The number of methoxy groups -OCH3 is 1. The Kier molecular flexibility index (Phi) is 3.94. The van der Waals surface area contributed by atoms with E-state index in [0.717, 1.165) is 5.57 Å². The van der Waals surface area contributed by atoms with Crippen LogP contribution >= 0.6 is 0 Å². The van der Waals surface area contributed by atoms with Gasteiger partial charge in [0, 0.05) is 18.3 Å². The Hall–Kier alpha value is -1.97. The van der Waals surface area contributed by atoms with Gasteiger partial charge in [0.1, 0.15) is 5.75 Å². The maximum Gasteiger partial charge on any atom is 0.253 e. The average molecular weight is 220 g/mol. The molecule has 16 heavy (non-hydrogen) atoms. The molecule has 86 valence electrons. The summed E-state index contributed by atoms with van der Waals surface area (Å²) in [5, 5.41) is 2.72. The first-order chi connectivity index (χ1) is 7.54. The third-order valence-electron chi connectivity index (χ3n) is 2.05. The van der Waals surface area contributed by atoms with E-state index in [4.69, 9.17) is 10.5 Å². The van der Waals surface area contributed by atoms with Gasteiger partial charge in [-0.05, 0) is 19.1 Å². The molecule has 3 N–H and O–H groups in total. The Morgan fingerprint density at radius 3 is 2.75 bits per heavy atom. The van der Waals surface area contributed by atoms with Crippen molar-refractivity contribution in [3.05, 3.63) is 35.9 Å². The Morgan fingerprint density at radius 1 is 1.56 bits per heavy atom. The van der Waals surface area contributed by atoms with Gasteiger partial charge in [0.25, 0.3) is 5.91 Å². The van der Waals surface area contributed by atoms with E-state index >= 15 is 0 Å². The van der Waals surface area contributed by atoms with Crippen LogP contribution in [0.5, 0.6) is 5.75 Å². The molecule has 0 aliphatic carbocycles. The number of nitrogens with one attached hydrogen (secondary N) is 1. The van der Waals surface area contributed by atoms with Crippen molar-refractivity contribution in [2.24, 2.45) is 0 Å². The highest BCUT2D eigenvalue weighted by molar-refractivity contribution is 5.99. The van der Waals surface area contributed by atoms with Gasteiger partial charge in [-0.15, -0.1) is 0 Å². The monoisotopic (exact) mass is 220 g/mol. The third kappa shape index (κ3) is 3.02. The van der Waals surface area contributed by atoms with Gasteiger partial charge in [0.15, 0.2) is 0 Å². The largest absolute Gasteiger partial charge is 0.497 e. The molecule has 0 unspecified atom stereocenters. The van der Waals surface area contributed by atoms with Crippen LogP contribution in [0.4, 0.5) is 5.69 Å². The topological polar surface area (TPSA) is 64.3 Å². The van der Waals surface area contributed by atoms with E-state index in [1.165, 1.54) is 0 Å². The molecule has 0 bridgehead atoms. The summed E-state index contributed by atoms with van der Waals surface area (Å²) in [6.45, 7) is 6.00. The van der Waals surface area contributed by atoms with Crippen molar-refractivity contribution in [2.75, 3.05) is 19.4 Å². The standard InChI is InChI=1S/C12H16N2O2/c1-8(2)7-14-12(15)10-5-4-9(16-3)6-11(10)13/h4-6H,1,7,13H2,2-3H3,(H,14,15). The minimum Gasteiger partial charge on any atom is -0.497 e. The predicted molar refractivity (Wildman–Crippen MR) is 64.6 cm³/mol. The Bertz CT molecular complexity index is 413. The van der Waals surface area contributed by atoms with Crippen LogP contribution in [0, 0.1) is 0 Å². The number of nitrogens with two attached hydrogens (primary N) is 1. The summed E-state index contributed by atoms with van der Waals surface area (Å²) in [5.74, 6) is 0.428. The maximum absolute atomic E-state index is 11.7. The lowest BCUT2D eigenvalue weighted by Crippen LogP contribution is -2.25. The van der Waals surface area contributed by atoms with Crippen LogP contribution in [0.3, 0.4) is 0 Å². The number of carbonyl (C=O) groups excluding carboxylic acids is 1. The molecule has 4 nitrogen and oxygen atoms in total. The molecule has 0 aromatic heterocycles. The first-order valence-corrected chi connectivity index (χ1v) is 4.90. The van der Waals surface area contributed by atoms with Gasteiger partial charge in [-0.1, -0.05) is 12.2 Å². The fourth-order valence-electron chi connectivity index (χ4n) is 1.20. The molecule has 0 fully saturated rings. The molecule has 1 aromatic rings. The van der Waals surface area contributed by atoms with Crippen molar-refractivity contribution in [3.63, 3.8) is 0 Å². The maximum atomic E-state index is 11.7. The molecule has 0 saturated heterocycles. The fraction of sp³-hybridized carbons (Fsp3) is 0.250. The molecule has 4 heteroatoms. The highest BCUT2D eigenvalue weighted by Crippen LogP contribution is 2.19. The number of hydrogen-bond acceptors (Lipinski definition) is 3. The van der Waals surface area contributed by atoms with Crippen molar-refractivity contribution in [1.29, 1.82) is 0 Å². The van der Waals surface area contributed by atoms with E-state index in [1.54, 1.807) is 25.3 Å². The number of hydrogen-bond donors (Lipinski definition) is 2. The van der Waals surface area contributed by atoms with E-state index in [-0.39, 0.29) is 5.91 Å². The number of ether oxygens (including phenoxy) is 1. The summed E-state index contributed by atoms with van der Waals surface area (Å²) in [6, 6.07) is 4.96. The number of amides is 1. The number of rotatable bonds is 4. The molecule has 1 aromatic carbocycles. The van der Waals surface area contributed by atoms with E-state index in [1.807, 2.05) is 6.92 Å². The Balaban J connectivity index is 2.79. The molecule has 1 rings (SSSR count). The second kappa shape index (κ2) is 5.21. The zero-order valence-corrected chi connectivity index (χ0v) is 9.54. The van der Waals surface area contributed by atoms with Crippen LogP contribution < -0.4 is 15.8 Å². The van der Waals surface area contributed by atoms with E-state index in [0.29, 0.717) is 23.5 Å². The number of nitrogen functional groups attached to an aromatic ring is 1. The lowest BCUT2D eigenvalue weighted by molar-refractivity contribution is 0.0958. The summed E-state index contributed by atoms with van der Waals surface area (Å²) >= 11 is 0. The molecule has 0 heterocycles. The fourth-order valence-corrected chi connectivity index (χ4v) is 1.20. The van der Waals surface area contributed by atoms with E-state index in [9.17, 15) is 4.79 Å². The normalized spacial score (nSPS) is 9.62. The molecule has 0 saturated carbocycles. The van der Waals surface area contributed by atoms with Gasteiger partial charge in [-0.25, -0.2) is 0 Å². The number of benzene rings is 1. The number of carbonyl (C=O) groups is 1. The van der Waals surface area contributed by atoms with E-state index in [2.05, 4.69) is 11.9 Å². The van der Waals surface area contributed by atoms with Crippen LogP contribution in [0.25, 0.3) is 0 Å². The second-order valence-corrected chi connectivity index (χ2v) is 3.59. The zero-order chi connectivity index (χ0) is 12.1. The Labute approximate surface area is 95.1 Å². The second-order valence-electron chi connectivity index (χ2n) is 3.59. The average Bonchev–Trinajstić information content (AvgIpc) is 2.25. The van der Waals surface area contributed by atoms with Crippen molar-refractivity contribution in [2.45, 2.75) is 6.92 Å². The van der Waals surface area contributed by atoms with Gasteiger partial charge in [0.2, 0.25) is 0 Å². The Morgan fingerprint density at radius 2 is 2.25 bits per heavy atom. The summed E-state index contributed by atoms with van der Waals surface area (Å²) in [5.41, 5.74) is 7.48. The molecule has 0 aliphatic rings. The summed E-state index contributed by atoms with van der Waals surface area (Å²) < 4.78 is 5.00. The first-order valence-electron chi connectivity index (χ1n) is 4.90. The summed E-state index contributed by atoms with van der Waals surface area (Å²) in [6.07, 6.45) is 0. The van der Waals surface area contributed by atoms with Gasteiger partial charge in [-0.3, -0.25) is 4.79 Å². The molecular formula is C12H16N2O2. The van der Waals surface area contributed by atoms with Crippen molar-refractivity contribution in [3.8, 4) is 5.75 Å². The zero-order valence-electron chi connectivity index (χ0n) is 9.54. The van der Waals surface area contributed by atoms with Gasteiger partial charge < -0.3 is 15.8 Å². The SMILES string of the molecule is C=C(C)CNC(=O)c1ccc(OC)cc1N. The molecular weight excluding hydrogens is 204 g/mol. The third-order valence-corrected chi connectivity index (χ3v) is 2.05. The van der Waals surface area contributed by atoms with E-state index < -0.39 is 0 Å². The summed E-state index contributed by atoms with van der Waals surface area (Å²) in [7, 11) is 1.55. The first kappa shape index (κ1) is 12.1. The molecule has 1 amide bonds. The van der Waals surface area contributed by atoms with Gasteiger partial charge in [-0.2, -0.15) is 0 Å². The summed E-state index contributed by atoms with van der Waals surface area (Å²) in [4.78, 5) is 11.7. The van der Waals surface area contributed by atoms with Crippen LogP contribution in [0.2, 0.25) is 0 Å². The van der Waals surface area contributed by atoms with Crippen molar-refractivity contribution < 1.29 is 9.53 Å². The van der Waals surface area contributed by atoms with Crippen LogP contribution in [-0.4, -0.2) is 19.6 Å². The van der Waals surface area contributed by atoms with Crippen molar-refractivity contribution in [1.82, 2.24) is 5.32 Å². The lowest BCUT2D eigenvalue weighted by atomic mass is 10.1. The van der Waals surface area contributed by atoms with Crippen LogP contribution in [0.1, 0.15) is 17.3 Å². The van der Waals surface area contributed by atoms with Crippen LogP contribution in [-0.2, 0) is 0 Å². The molecule has 0 radical (unpaired) electrons. The van der Waals surface area contributed by atoms with Crippen LogP contribution in [0.15, 0.2) is 30.4 Å². The highest BCUT2D eigenvalue weighted by Gasteiger charge is 2.09. The minimum absolute atomic E-state index is 0.205. The van der Waals surface area contributed by atoms with Gasteiger partial charge >= 0.3 is 0 Å². The van der Waals surface area contributed by atoms with Crippen molar-refractivity contribution >= 4 is 11.6 Å². The van der Waals surface area contributed by atoms with Gasteiger partial charge in [0.05, 0.1) is 12.7 Å². The molecule has 0 aliphatic heterocycles. The minimum atomic E-state index is -0.205. The lowest BCUT2D eigenvalue weighted by Gasteiger charge is -2.08. The predicted octanol–water partition coefficient (Wildman–Crippen LogP) is 1.58. The molecule has 0 atom stereocenters. The molecule has 0 spiro atoms. The highest BCUT2D eigenvalue weighted by atomic mass is 16.5.